The SMILES string of the molecule is c1ccc(-c2nc(-c3cccc(-n4c5ccccc5c5ccc(-n6c7ccccc7c7ccccc76)cc54)c3)c3c(n2)-c2cccc4c(-n5c6ccccc6c6ccc(-n7c8ccccc8c8ccccc87)cc65)ccc-3c24)cc1. The van der Waals surface area contributed by atoms with Crippen LogP contribution in [0.1, 0.15) is 0 Å². The van der Waals surface area contributed by atoms with Gasteiger partial charge in [-0.15, -0.1) is 0 Å². The van der Waals surface area contributed by atoms with Gasteiger partial charge in [0.05, 0.1) is 61.2 Å². The quantitative estimate of drug-likeness (QED) is 0.167. The van der Waals surface area contributed by atoms with Gasteiger partial charge >= 0.3 is 0 Å². The fourth-order valence-electron chi connectivity index (χ4n) is 13.8. The van der Waals surface area contributed by atoms with E-state index in [0.29, 0.717) is 5.82 Å². The third-order valence-corrected chi connectivity index (χ3v) is 17.1. The van der Waals surface area contributed by atoms with Gasteiger partial charge in [-0.05, 0) is 84.4 Å². The molecule has 0 atom stereocenters. The Balaban J connectivity index is 0.846. The summed E-state index contributed by atoms with van der Waals surface area (Å²) in [6, 6.07) is 97.3. The van der Waals surface area contributed by atoms with Gasteiger partial charge in [-0.2, -0.15) is 0 Å². The summed E-state index contributed by atoms with van der Waals surface area (Å²) in [5.74, 6) is 0.697. The highest BCUT2D eigenvalue weighted by molar-refractivity contribution is 6.21. The van der Waals surface area contributed by atoms with Crippen LogP contribution in [-0.4, -0.2) is 28.2 Å². The van der Waals surface area contributed by atoms with Gasteiger partial charge < -0.3 is 18.3 Å². The maximum atomic E-state index is 5.61. The molecule has 5 aromatic heterocycles. The topological polar surface area (TPSA) is 45.5 Å². The second-order valence-electron chi connectivity index (χ2n) is 21.2. The number of rotatable bonds is 6. The molecular formula is C74H44N6. The predicted molar refractivity (Wildman–Crippen MR) is 332 cm³/mol. The van der Waals surface area contributed by atoms with Gasteiger partial charge in [-0.3, -0.25) is 0 Å². The zero-order chi connectivity index (χ0) is 52.2. The van der Waals surface area contributed by atoms with Gasteiger partial charge in [0.25, 0.3) is 0 Å². The number of para-hydroxylation sites is 6. The zero-order valence-corrected chi connectivity index (χ0v) is 43.1. The van der Waals surface area contributed by atoms with E-state index >= 15 is 0 Å². The van der Waals surface area contributed by atoms with Crippen molar-refractivity contribution in [1.82, 2.24) is 28.2 Å². The van der Waals surface area contributed by atoms with Crippen LogP contribution >= 0.6 is 0 Å². The fourth-order valence-corrected chi connectivity index (χ4v) is 13.8. The van der Waals surface area contributed by atoms with Gasteiger partial charge in [0.2, 0.25) is 0 Å². The van der Waals surface area contributed by atoms with Gasteiger partial charge in [-0.25, -0.2) is 9.97 Å². The first-order chi connectivity index (χ1) is 39.7. The lowest BCUT2D eigenvalue weighted by atomic mass is 9.98. The molecule has 18 rings (SSSR count). The third kappa shape index (κ3) is 5.96. The standard InChI is InChI=1S/C74H44N6/c1-2-18-45(19-3-1)74-75-72(46-20-16-21-47(42-46)79-65-34-14-8-26-54(65)56-38-36-48(43-68(56)79)77-61-30-10-4-22-50(61)51-23-5-11-31-62(51)77)71-59-40-41-67(58-28-17-29-60(70(58)59)73(71)76-74)80-66-35-15-9-27-55(66)57-39-37-49(44-69(57)80)78-63-32-12-6-24-52(63)53-25-7-13-33-64(53)78/h1-44H. The molecule has 6 heteroatoms. The minimum Gasteiger partial charge on any atom is -0.309 e. The van der Waals surface area contributed by atoms with Gasteiger partial charge in [0.15, 0.2) is 5.82 Å². The molecule has 0 bridgehead atoms. The molecule has 0 fully saturated rings. The Morgan fingerprint density at radius 2 is 0.637 bits per heavy atom. The van der Waals surface area contributed by atoms with E-state index in [4.69, 9.17) is 9.97 Å². The molecule has 5 heterocycles. The van der Waals surface area contributed by atoms with E-state index in [1.807, 2.05) is 0 Å². The minimum atomic E-state index is 0.697. The molecular weight excluding hydrogens is 973 g/mol. The van der Waals surface area contributed by atoms with E-state index in [9.17, 15) is 0 Å². The molecule has 0 spiro atoms. The third-order valence-electron chi connectivity index (χ3n) is 17.1. The number of aromatic nitrogens is 6. The molecule has 12 aromatic carbocycles. The Kier molecular flexibility index (Phi) is 8.85. The Morgan fingerprint density at radius 3 is 1.18 bits per heavy atom. The van der Waals surface area contributed by atoms with E-state index in [2.05, 4.69) is 285 Å². The maximum absolute atomic E-state index is 5.61. The number of benzene rings is 12. The Labute approximate surface area is 458 Å². The summed E-state index contributed by atoms with van der Waals surface area (Å²) in [4.78, 5) is 11.1. The van der Waals surface area contributed by atoms with E-state index in [1.54, 1.807) is 0 Å². The van der Waals surface area contributed by atoms with Crippen molar-refractivity contribution in [1.29, 1.82) is 0 Å². The summed E-state index contributed by atoms with van der Waals surface area (Å²) in [6.07, 6.45) is 0. The normalized spacial score (nSPS) is 12.2. The highest BCUT2D eigenvalue weighted by Crippen LogP contribution is 2.52. The van der Waals surface area contributed by atoms with Crippen LogP contribution in [0.5, 0.6) is 0 Å². The fraction of sp³-hybridized carbons (Fsp3) is 0. The summed E-state index contributed by atoms with van der Waals surface area (Å²) in [6.45, 7) is 0. The van der Waals surface area contributed by atoms with Crippen LogP contribution < -0.4 is 0 Å². The molecule has 1 aliphatic rings. The van der Waals surface area contributed by atoms with E-state index in [-0.39, 0.29) is 0 Å². The molecule has 0 N–H and O–H groups in total. The highest BCUT2D eigenvalue weighted by Gasteiger charge is 2.31. The summed E-state index contributed by atoms with van der Waals surface area (Å²) in [5.41, 5.74) is 20.9. The van der Waals surface area contributed by atoms with E-state index < -0.39 is 0 Å². The number of nitrogens with zero attached hydrogens (tertiary/aromatic N) is 6. The summed E-state index contributed by atoms with van der Waals surface area (Å²) < 4.78 is 9.75. The lowest BCUT2D eigenvalue weighted by molar-refractivity contribution is 1.15. The van der Waals surface area contributed by atoms with E-state index in [1.165, 1.54) is 70.5 Å². The van der Waals surface area contributed by atoms with Crippen molar-refractivity contribution in [3.05, 3.63) is 267 Å². The average molecular weight is 1020 g/mol. The minimum absolute atomic E-state index is 0.697. The number of hydrogen-bond donors (Lipinski definition) is 0. The van der Waals surface area contributed by atoms with Crippen molar-refractivity contribution in [2.45, 2.75) is 0 Å². The molecule has 0 unspecified atom stereocenters. The largest absolute Gasteiger partial charge is 0.309 e. The lowest BCUT2D eigenvalue weighted by Crippen LogP contribution is -2.00. The van der Waals surface area contributed by atoms with Crippen LogP contribution in [0.2, 0.25) is 0 Å². The highest BCUT2D eigenvalue weighted by atomic mass is 15.0. The average Bonchev–Trinajstić information content (AvgIpc) is 4.43. The van der Waals surface area contributed by atoms with Crippen molar-refractivity contribution in [3.8, 4) is 67.8 Å². The molecule has 0 amide bonds. The second-order valence-corrected chi connectivity index (χ2v) is 21.2. The molecule has 370 valence electrons. The van der Waals surface area contributed by atoms with Crippen LogP contribution in [0.15, 0.2) is 267 Å². The predicted octanol–water partition coefficient (Wildman–Crippen LogP) is 19.0. The Bertz CT molecular complexity index is 5390. The molecule has 6 nitrogen and oxygen atoms in total. The monoisotopic (exact) mass is 1020 g/mol. The molecule has 80 heavy (non-hydrogen) atoms. The summed E-state index contributed by atoms with van der Waals surface area (Å²) >= 11 is 0. The molecule has 0 saturated heterocycles. The van der Waals surface area contributed by atoms with Gasteiger partial charge in [0.1, 0.15) is 0 Å². The van der Waals surface area contributed by atoms with Crippen LogP contribution in [0.25, 0.3) is 166 Å². The molecule has 17 aromatic rings. The zero-order valence-electron chi connectivity index (χ0n) is 43.1. The van der Waals surface area contributed by atoms with Crippen molar-refractivity contribution < 1.29 is 0 Å². The molecule has 1 aliphatic carbocycles. The molecule has 0 saturated carbocycles. The van der Waals surface area contributed by atoms with Gasteiger partial charge in [-0.1, -0.05) is 188 Å². The Hall–Kier alpha value is -10.8. The maximum Gasteiger partial charge on any atom is 0.160 e. The van der Waals surface area contributed by atoms with Crippen LogP contribution in [-0.2, 0) is 0 Å². The molecule has 0 radical (unpaired) electrons. The second kappa shape index (κ2) is 16.4. The van der Waals surface area contributed by atoms with Crippen LogP contribution in [0.3, 0.4) is 0 Å². The van der Waals surface area contributed by atoms with Crippen molar-refractivity contribution >= 4 is 98.0 Å². The number of hydrogen-bond acceptors (Lipinski definition) is 2. The van der Waals surface area contributed by atoms with Gasteiger partial charge in [0, 0.05) is 93.2 Å². The summed E-state index contributed by atoms with van der Waals surface area (Å²) in [5, 5.41) is 12.2. The first-order valence-corrected chi connectivity index (χ1v) is 27.4. The number of fused-ring (bicyclic) bond motifs is 15. The van der Waals surface area contributed by atoms with Crippen molar-refractivity contribution in [2.75, 3.05) is 0 Å². The van der Waals surface area contributed by atoms with Crippen LogP contribution in [0, 0.1) is 0 Å². The van der Waals surface area contributed by atoms with Crippen molar-refractivity contribution in [2.24, 2.45) is 0 Å². The Morgan fingerprint density at radius 1 is 0.237 bits per heavy atom. The smallest absolute Gasteiger partial charge is 0.160 e. The lowest BCUT2D eigenvalue weighted by Gasteiger charge is -2.15. The van der Waals surface area contributed by atoms with Crippen molar-refractivity contribution in [3.63, 3.8) is 0 Å². The first-order valence-electron chi connectivity index (χ1n) is 27.4. The van der Waals surface area contributed by atoms with E-state index in [0.717, 1.165) is 89.4 Å². The summed E-state index contributed by atoms with van der Waals surface area (Å²) in [7, 11) is 0. The van der Waals surface area contributed by atoms with Crippen LogP contribution in [0.4, 0.5) is 0 Å². The molecule has 0 aliphatic heterocycles. The first kappa shape index (κ1) is 43.3.